The van der Waals surface area contributed by atoms with Crippen LogP contribution in [0.1, 0.15) is 11.3 Å². The van der Waals surface area contributed by atoms with Crippen molar-refractivity contribution in [1.29, 1.82) is 0 Å². The van der Waals surface area contributed by atoms with Gasteiger partial charge in [0.2, 0.25) is 0 Å². The molecule has 3 rings (SSSR count). The molecule has 0 aliphatic rings. The molecule has 1 heterocycles. The predicted molar refractivity (Wildman–Crippen MR) is 107 cm³/mol. The third kappa shape index (κ3) is 4.78. The lowest BCUT2D eigenvalue weighted by Crippen LogP contribution is -2.11. The number of carboxylic acids is 1. The number of benzene rings is 2. The smallest absolute Gasteiger partial charge is 0.307 e. The van der Waals surface area contributed by atoms with Gasteiger partial charge in [0, 0.05) is 22.6 Å². The highest BCUT2D eigenvalue weighted by molar-refractivity contribution is 6.30. The molecule has 0 aliphatic carbocycles. The molecule has 2 N–H and O–H groups in total. The van der Waals surface area contributed by atoms with E-state index in [1.165, 1.54) is 0 Å². The van der Waals surface area contributed by atoms with Gasteiger partial charge in [-0.25, -0.2) is 4.68 Å². The van der Waals surface area contributed by atoms with Gasteiger partial charge in [0.15, 0.2) is 0 Å². The van der Waals surface area contributed by atoms with Gasteiger partial charge in [0.05, 0.1) is 43.3 Å². The SMILES string of the molecule is O=C(O)Cc1c(-c2ccc(Cl)cc2)nn(-c2ccccc2)c1CCOCCO. The average molecular weight is 401 g/mol. The van der Waals surface area contributed by atoms with Crippen LogP contribution in [0.5, 0.6) is 0 Å². The Morgan fingerprint density at radius 2 is 1.79 bits per heavy atom. The van der Waals surface area contributed by atoms with Crippen LogP contribution in [-0.2, 0) is 22.4 Å². The molecule has 6 nitrogen and oxygen atoms in total. The first-order valence-electron chi connectivity index (χ1n) is 8.92. The zero-order chi connectivity index (χ0) is 19.9. The molecule has 0 spiro atoms. The molecule has 0 aliphatic heterocycles. The van der Waals surface area contributed by atoms with Crippen LogP contribution in [0.15, 0.2) is 54.6 Å². The number of rotatable bonds is 9. The summed E-state index contributed by atoms with van der Waals surface area (Å²) in [5.74, 6) is -0.930. The van der Waals surface area contributed by atoms with Crippen LogP contribution in [-0.4, -0.2) is 45.8 Å². The normalized spacial score (nSPS) is 10.9. The Hall–Kier alpha value is -2.67. The second kappa shape index (κ2) is 9.50. The van der Waals surface area contributed by atoms with Crippen molar-refractivity contribution in [2.75, 3.05) is 19.8 Å². The van der Waals surface area contributed by atoms with Crippen LogP contribution in [0.25, 0.3) is 16.9 Å². The largest absolute Gasteiger partial charge is 0.481 e. The fourth-order valence-electron chi connectivity index (χ4n) is 3.04. The van der Waals surface area contributed by atoms with E-state index >= 15 is 0 Å². The molecule has 0 radical (unpaired) electrons. The maximum absolute atomic E-state index is 11.6. The lowest BCUT2D eigenvalue weighted by Gasteiger charge is -2.09. The number of nitrogens with zero attached hydrogens (tertiary/aromatic N) is 2. The van der Waals surface area contributed by atoms with Crippen LogP contribution >= 0.6 is 11.6 Å². The second-order valence-corrected chi connectivity index (χ2v) is 6.62. The highest BCUT2D eigenvalue weighted by Crippen LogP contribution is 2.29. The number of aromatic nitrogens is 2. The molecule has 0 bridgehead atoms. The lowest BCUT2D eigenvalue weighted by atomic mass is 10.0. The summed E-state index contributed by atoms with van der Waals surface area (Å²) in [6, 6.07) is 16.7. The first-order valence-corrected chi connectivity index (χ1v) is 9.30. The summed E-state index contributed by atoms with van der Waals surface area (Å²) in [4.78, 5) is 11.6. The minimum Gasteiger partial charge on any atom is -0.481 e. The van der Waals surface area contributed by atoms with Crippen molar-refractivity contribution in [3.05, 3.63) is 70.9 Å². The molecular weight excluding hydrogens is 380 g/mol. The number of hydrogen-bond donors (Lipinski definition) is 2. The highest BCUT2D eigenvalue weighted by Gasteiger charge is 2.22. The van der Waals surface area contributed by atoms with Crippen molar-refractivity contribution in [3.63, 3.8) is 0 Å². The Balaban J connectivity index is 2.11. The molecule has 0 saturated heterocycles. The molecule has 0 fully saturated rings. The third-order valence-corrected chi connectivity index (χ3v) is 4.51. The van der Waals surface area contributed by atoms with Crippen molar-refractivity contribution < 1.29 is 19.7 Å². The van der Waals surface area contributed by atoms with E-state index in [9.17, 15) is 9.90 Å². The van der Waals surface area contributed by atoms with Gasteiger partial charge in [0.25, 0.3) is 0 Å². The van der Waals surface area contributed by atoms with Gasteiger partial charge in [-0.1, -0.05) is 41.9 Å². The van der Waals surface area contributed by atoms with Crippen molar-refractivity contribution in [2.45, 2.75) is 12.8 Å². The Labute approximate surface area is 168 Å². The maximum atomic E-state index is 11.6. The van der Waals surface area contributed by atoms with E-state index in [1.807, 2.05) is 42.5 Å². The fourth-order valence-corrected chi connectivity index (χ4v) is 3.16. The van der Waals surface area contributed by atoms with E-state index in [4.69, 9.17) is 26.5 Å². The first kappa shape index (κ1) is 20.1. The van der Waals surface area contributed by atoms with Gasteiger partial charge in [-0.05, 0) is 24.3 Å². The Kier molecular flexibility index (Phi) is 6.81. The highest BCUT2D eigenvalue weighted by atomic mass is 35.5. The van der Waals surface area contributed by atoms with Crippen LogP contribution in [0.3, 0.4) is 0 Å². The van der Waals surface area contributed by atoms with E-state index in [0.717, 1.165) is 16.9 Å². The topological polar surface area (TPSA) is 84.6 Å². The second-order valence-electron chi connectivity index (χ2n) is 6.18. The van der Waals surface area contributed by atoms with Gasteiger partial charge < -0.3 is 14.9 Å². The summed E-state index contributed by atoms with van der Waals surface area (Å²) in [7, 11) is 0. The maximum Gasteiger partial charge on any atom is 0.307 e. The molecule has 28 heavy (non-hydrogen) atoms. The minimum absolute atomic E-state index is 0.0596. The van der Waals surface area contributed by atoms with E-state index in [-0.39, 0.29) is 19.6 Å². The van der Waals surface area contributed by atoms with Crippen molar-refractivity contribution in [3.8, 4) is 16.9 Å². The minimum atomic E-state index is -0.930. The number of hydrogen-bond acceptors (Lipinski definition) is 4. The Morgan fingerprint density at radius 1 is 1.07 bits per heavy atom. The number of aliphatic hydroxyl groups is 1. The van der Waals surface area contributed by atoms with Crippen LogP contribution in [0, 0.1) is 0 Å². The summed E-state index contributed by atoms with van der Waals surface area (Å²) in [5.41, 5.74) is 3.67. The van der Waals surface area contributed by atoms with Crippen LogP contribution < -0.4 is 0 Å². The zero-order valence-electron chi connectivity index (χ0n) is 15.2. The monoisotopic (exact) mass is 400 g/mol. The number of carboxylic acid groups (broad SMARTS) is 1. The third-order valence-electron chi connectivity index (χ3n) is 4.26. The summed E-state index contributed by atoms with van der Waals surface area (Å²) < 4.78 is 7.18. The number of carbonyl (C=O) groups is 1. The van der Waals surface area contributed by atoms with Gasteiger partial charge in [-0.2, -0.15) is 5.10 Å². The van der Waals surface area contributed by atoms with Crippen molar-refractivity contribution in [1.82, 2.24) is 9.78 Å². The number of ether oxygens (including phenoxy) is 1. The van der Waals surface area contributed by atoms with Gasteiger partial charge in [-0.15, -0.1) is 0 Å². The molecule has 3 aromatic rings. The van der Waals surface area contributed by atoms with E-state index < -0.39 is 5.97 Å². The summed E-state index contributed by atoms with van der Waals surface area (Å²) in [6.45, 7) is 0.527. The van der Waals surface area contributed by atoms with Gasteiger partial charge in [0.1, 0.15) is 0 Å². The predicted octanol–water partition coefficient (Wildman–Crippen LogP) is 3.37. The van der Waals surface area contributed by atoms with E-state index in [0.29, 0.717) is 29.3 Å². The molecule has 2 aromatic carbocycles. The standard InChI is InChI=1S/C21H21ClN2O4/c22-16-8-6-15(7-9-16)21-18(14-20(26)27)19(10-12-28-13-11-25)24(23-21)17-4-2-1-3-5-17/h1-9,25H,10-14H2,(H,26,27). The summed E-state index contributed by atoms with van der Waals surface area (Å²) >= 11 is 6.00. The molecule has 146 valence electrons. The number of aliphatic hydroxyl groups excluding tert-OH is 1. The lowest BCUT2D eigenvalue weighted by molar-refractivity contribution is -0.136. The van der Waals surface area contributed by atoms with Crippen LogP contribution in [0.4, 0.5) is 0 Å². The molecule has 0 atom stereocenters. The fraction of sp³-hybridized carbons (Fsp3) is 0.238. The van der Waals surface area contributed by atoms with E-state index in [1.54, 1.807) is 16.8 Å². The molecule has 0 saturated carbocycles. The van der Waals surface area contributed by atoms with Gasteiger partial charge in [-0.3, -0.25) is 4.79 Å². The zero-order valence-corrected chi connectivity index (χ0v) is 16.0. The Bertz CT molecular complexity index is 924. The van der Waals surface area contributed by atoms with Crippen molar-refractivity contribution >= 4 is 17.6 Å². The van der Waals surface area contributed by atoms with E-state index in [2.05, 4.69) is 0 Å². The number of halogens is 1. The molecule has 0 amide bonds. The van der Waals surface area contributed by atoms with Crippen molar-refractivity contribution in [2.24, 2.45) is 0 Å². The quantitative estimate of drug-likeness (QED) is 0.538. The Morgan fingerprint density at radius 3 is 2.43 bits per heavy atom. The first-order chi connectivity index (χ1) is 13.6. The molecule has 7 heteroatoms. The average Bonchev–Trinajstić information content (AvgIpc) is 3.04. The summed E-state index contributed by atoms with van der Waals surface area (Å²) in [6.07, 6.45) is 0.318. The van der Waals surface area contributed by atoms with Crippen LogP contribution in [0.2, 0.25) is 5.02 Å². The molecule has 1 aromatic heterocycles. The molecule has 0 unspecified atom stereocenters. The number of para-hydroxylation sites is 1. The van der Waals surface area contributed by atoms with Gasteiger partial charge >= 0.3 is 5.97 Å². The molecular formula is C21H21ClN2O4. The summed E-state index contributed by atoms with van der Waals surface area (Å²) in [5, 5.41) is 23.7. The number of aliphatic carboxylic acids is 1.